The largest absolute Gasteiger partial charge is 0.328 e. The molecule has 0 bridgehead atoms. The molecule has 0 amide bonds. The third kappa shape index (κ3) is 3.76. The van der Waals surface area contributed by atoms with E-state index in [-0.39, 0.29) is 5.82 Å². The Morgan fingerprint density at radius 2 is 2.00 bits per heavy atom. The van der Waals surface area contributed by atoms with Crippen molar-refractivity contribution in [3.05, 3.63) is 35.1 Å². The average molecular weight is 261 g/mol. The molecule has 4 heteroatoms. The van der Waals surface area contributed by atoms with Gasteiger partial charge in [0.15, 0.2) is 0 Å². The summed E-state index contributed by atoms with van der Waals surface area (Å²) in [6.45, 7) is 0.673. The summed E-state index contributed by atoms with van der Waals surface area (Å²) in [6.07, 6.45) is 4.30. The second-order valence-electron chi connectivity index (χ2n) is 5.44. The molecule has 0 aromatic heterocycles. The van der Waals surface area contributed by atoms with Crippen LogP contribution < -0.4 is 5.73 Å². The maximum atomic E-state index is 13.4. The molecule has 1 aliphatic rings. The van der Waals surface area contributed by atoms with Gasteiger partial charge >= 0.3 is 0 Å². The van der Waals surface area contributed by atoms with Crippen molar-refractivity contribution in [2.75, 3.05) is 7.05 Å². The van der Waals surface area contributed by atoms with Gasteiger partial charge in [-0.2, -0.15) is 5.26 Å². The van der Waals surface area contributed by atoms with Gasteiger partial charge in [0.2, 0.25) is 0 Å². The van der Waals surface area contributed by atoms with Gasteiger partial charge in [-0.3, -0.25) is 4.90 Å². The molecule has 1 fully saturated rings. The minimum atomic E-state index is -0.340. The van der Waals surface area contributed by atoms with Gasteiger partial charge < -0.3 is 5.73 Å². The zero-order valence-electron chi connectivity index (χ0n) is 11.3. The van der Waals surface area contributed by atoms with Crippen molar-refractivity contribution in [3.63, 3.8) is 0 Å². The molecule has 0 unspecified atom stereocenters. The standard InChI is InChI=1S/C15H20FN3/c1-19(15-4-2-14(18)3-5-15)10-12-6-11(9-17)7-13(16)8-12/h6-8,14-15H,2-5,10,18H2,1H3. The van der Waals surface area contributed by atoms with Crippen molar-refractivity contribution in [1.82, 2.24) is 4.90 Å². The molecule has 19 heavy (non-hydrogen) atoms. The molecule has 1 aliphatic carbocycles. The molecular weight excluding hydrogens is 241 g/mol. The monoisotopic (exact) mass is 261 g/mol. The van der Waals surface area contributed by atoms with E-state index in [1.807, 2.05) is 6.07 Å². The molecule has 1 aromatic rings. The zero-order chi connectivity index (χ0) is 13.8. The Hall–Kier alpha value is -1.44. The summed E-state index contributed by atoms with van der Waals surface area (Å²) in [7, 11) is 2.05. The first-order valence-electron chi connectivity index (χ1n) is 6.74. The Balaban J connectivity index is 2.00. The second kappa shape index (κ2) is 6.14. The van der Waals surface area contributed by atoms with Gasteiger partial charge in [-0.1, -0.05) is 0 Å². The number of nitrogens with two attached hydrogens (primary N) is 1. The van der Waals surface area contributed by atoms with Crippen molar-refractivity contribution in [1.29, 1.82) is 5.26 Å². The third-order valence-corrected chi connectivity index (χ3v) is 3.88. The van der Waals surface area contributed by atoms with Crippen LogP contribution in [-0.4, -0.2) is 24.0 Å². The van der Waals surface area contributed by atoms with Gasteiger partial charge in [0.25, 0.3) is 0 Å². The first kappa shape index (κ1) is 14.0. The van der Waals surface area contributed by atoms with Crippen LogP contribution in [0.5, 0.6) is 0 Å². The van der Waals surface area contributed by atoms with Crippen molar-refractivity contribution >= 4 is 0 Å². The van der Waals surface area contributed by atoms with Crippen LogP contribution in [0.15, 0.2) is 18.2 Å². The lowest BCUT2D eigenvalue weighted by atomic mass is 9.91. The molecule has 0 spiro atoms. The van der Waals surface area contributed by atoms with Gasteiger partial charge in [-0.25, -0.2) is 4.39 Å². The summed E-state index contributed by atoms with van der Waals surface area (Å²) in [5.41, 5.74) is 7.14. The Labute approximate surface area is 113 Å². The third-order valence-electron chi connectivity index (χ3n) is 3.88. The van der Waals surface area contributed by atoms with Crippen LogP contribution in [0.4, 0.5) is 4.39 Å². The normalized spacial score (nSPS) is 23.3. The van der Waals surface area contributed by atoms with Crippen LogP contribution >= 0.6 is 0 Å². The second-order valence-corrected chi connectivity index (χ2v) is 5.44. The summed E-state index contributed by atoms with van der Waals surface area (Å²) in [5.74, 6) is -0.340. The topological polar surface area (TPSA) is 53.0 Å². The molecule has 0 atom stereocenters. The molecule has 102 valence electrons. The van der Waals surface area contributed by atoms with Crippen LogP contribution in [-0.2, 0) is 6.54 Å². The summed E-state index contributed by atoms with van der Waals surface area (Å²) in [5, 5.41) is 8.85. The molecular formula is C15H20FN3. The van der Waals surface area contributed by atoms with Crippen LogP contribution in [0, 0.1) is 17.1 Å². The summed E-state index contributed by atoms with van der Waals surface area (Å²) in [6, 6.07) is 7.37. The number of rotatable bonds is 3. The highest BCUT2D eigenvalue weighted by Gasteiger charge is 2.22. The van der Waals surface area contributed by atoms with Gasteiger partial charge in [-0.15, -0.1) is 0 Å². The van der Waals surface area contributed by atoms with E-state index in [1.165, 1.54) is 12.1 Å². The molecule has 0 heterocycles. The predicted molar refractivity (Wildman–Crippen MR) is 72.8 cm³/mol. The Morgan fingerprint density at radius 1 is 1.32 bits per heavy atom. The van der Waals surface area contributed by atoms with E-state index in [0.717, 1.165) is 31.2 Å². The van der Waals surface area contributed by atoms with Crippen molar-refractivity contribution < 1.29 is 4.39 Å². The number of hydrogen-bond acceptors (Lipinski definition) is 3. The van der Waals surface area contributed by atoms with Crippen molar-refractivity contribution in [2.45, 2.75) is 44.3 Å². The first-order valence-corrected chi connectivity index (χ1v) is 6.74. The van der Waals surface area contributed by atoms with E-state index in [4.69, 9.17) is 11.0 Å². The smallest absolute Gasteiger partial charge is 0.124 e. The minimum absolute atomic E-state index is 0.337. The average Bonchev–Trinajstić information content (AvgIpc) is 2.38. The fourth-order valence-electron chi connectivity index (χ4n) is 2.77. The highest BCUT2D eigenvalue weighted by Crippen LogP contribution is 2.22. The number of nitriles is 1. The molecule has 0 saturated heterocycles. The lowest BCUT2D eigenvalue weighted by Crippen LogP contribution is -2.38. The predicted octanol–water partition coefficient (Wildman–Crippen LogP) is 2.40. The van der Waals surface area contributed by atoms with E-state index in [0.29, 0.717) is 24.2 Å². The van der Waals surface area contributed by atoms with Crippen LogP contribution in [0.2, 0.25) is 0 Å². The molecule has 2 rings (SSSR count). The summed E-state index contributed by atoms with van der Waals surface area (Å²) in [4.78, 5) is 2.24. The van der Waals surface area contributed by atoms with E-state index in [1.54, 1.807) is 6.07 Å². The maximum absolute atomic E-state index is 13.4. The van der Waals surface area contributed by atoms with Gasteiger partial charge in [-0.05, 0) is 56.5 Å². The highest BCUT2D eigenvalue weighted by molar-refractivity contribution is 5.33. The van der Waals surface area contributed by atoms with E-state index < -0.39 is 0 Å². The minimum Gasteiger partial charge on any atom is -0.328 e. The van der Waals surface area contributed by atoms with Crippen LogP contribution in [0.25, 0.3) is 0 Å². The lowest BCUT2D eigenvalue weighted by Gasteiger charge is -2.33. The van der Waals surface area contributed by atoms with Gasteiger partial charge in [0.05, 0.1) is 11.6 Å². The molecule has 0 aliphatic heterocycles. The van der Waals surface area contributed by atoms with Crippen molar-refractivity contribution in [2.24, 2.45) is 5.73 Å². The zero-order valence-corrected chi connectivity index (χ0v) is 11.3. The van der Waals surface area contributed by atoms with Crippen LogP contribution in [0.3, 0.4) is 0 Å². The maximum Gasteiger partial charge on any atom is 0.124 e. The summed E-state index contributed by atoms with van der Waals surface area (Å²) < 4.78 is 13.4. The van der Waals surface area contributed by atoms with Gasteiger partial charge in [0.1, 0.15) is 5.82 Å². The first-order chi connectivity index (χ1) is 9.08. The number of benzene rings is 1. The number of nitrogens with zero attached hydrogens (tertiary/aromatic N) is 2. The SMILES string of the molecule is CN(Cc1cc(F)cc(C#N)c1)C1CCC(N)CC1. The van der Waals surface area contributed by atoms with Crippen molar-refractivity contribution in [3.8, 4) is 6.07 Å². The summed E-state index contributed by atoms with van der Waals surface area (Å²) >= 11 is 0. The fourth-order valence-corrected chi connectivity index (χ4v) is 2.77. The highest BCUT2D eigenvalue weighted by atomic mass is 19.1. The van der Waals surface area contributed by atoms with Crippen LogP contribution in [0.1, 0.15) is 36.8 Å². The Bertz CT molecular complexity index is 473. The van der Waals surface area contributed by atoms with E-state index >= 15 is 0 Å². The Kier molecular flexibility index (Phi) is 4.52. The number of halogens is 1. The molecule has 1 saturated carbocycles. The molecule has 0 radical (unpaired) electrons. The fraction of sp³-hybridized carbons (Fsp3) is 0.533. The quantitative estimate of drug-likeness (QED) is 0.909. The molecule has 1 aromatic carbocycles. The Morgan fingerprint density at radius 3 is 2.63 bits per heavy atom. The van der Waals surface area contributed by atoms with E-state index in [2.05, 4.69) is 11.9 Å². The lowest BCUT2D eigenvalue weighted by molar-refractivity contribution is 0.176. The molecule has 3 nitrogen and oxygen atoms in total. The number of hydrogen-bond donors (Lipinski definition) is 1. The van der Waals surface area contributed by atoms with Gasteiger partial charge in [0, 0.05) is 18.6 Å². The van der Waals surface area contributed by atoms with E-state index in [9.17, 15) is 4.39 Å². The molecule has 2 N–H and O–H groups in total.